The van der Waals surface area contributed by atoms with Crippen LogP contribution in [-0.2, 0) is 0 Å². The maximum absolute atomic E-state index is 4.80. The molecule has 1 aromatic heterocycles. The average molecular weight is 227 g/mol. The van der Waals surface area contributed by atoms with Gasteiger partial charge < -0.3 is 10.6 Å². The van der Waals surface area contributed by atoms with Gasteiger partial charge in [0.15, 0.2) is 0 Å². The molecule has 17 heavy (non-hydrogen) atoms. The van der Waals surface area contributed by atoms with Crippen LogP contribution < -0.4 is 10.6 Å². The van der Waals surface area contributed by atoms with Crippen molar-refractivity contribution in [3.05, 3.63) is 41.6 Å². The summed E-state index contributed by atoms with van der Waals surface area (Å²) >= 11 is 0. The van der Waals surface area contributed by atoms with E-state index in [-0.39, 0.29) is 0 Å². The minimum atomic E-state index is 0.341. The lowest BCUT2D eigenvalue weighted by Crippen LogP contribution is -2.43. The molecule has 0 spiro atoms. The largest absolute Gasteiger partial charge is 0.314 e. The molecule has 1 aliphatic rings. The first-order valence-electron chi connectivity index (χ1n) is 6.15. The van der Waals surface area contributed by atoms with Gasteiger partial charge in [0.1, 0.15) is 0 Å². The van der Waals surface area contributed by atoms with Crippen LogP contribution in [0.3, 0.4) is 0 Å². The molecule has 3 nitrogen and oxygen atoms in total. The third kappa shape index (κ3) is 2.04. The van der Waals surface area contributed by atoms with Crippen molar-refractivity contribution >= 4 is 10.9 Å². The van der Waals surface area contributed by atoms with Crippen LogP contribution in [0.25, 0.3) is 10.9 Å². The van der Waals surface area contributed by atoms with Crippen LogP contribution in [0.15, 0.2) is 30.3 Å². The monoisotopic (exact) mass is 227 g/mol. The second-order valence-electron chi connectivity index (χ2n) is 4.59. The molecule has 0 bridgehead atoms. The van der Waals surface area contributed by atoms with Gasteiger partial charge in [0.25, 0.3) is 0 Å². The summed E-state index contributed by atoms with van der Waals surface area (Å²) in [7, 11) is 0. The van der Waals surface area contributed by atoms with Gasteiger partial charge in [-0.15, -0.1) is 0 Å². The summed E-state index contributed by atoms with van der Waals surface area (Å²) in [5.41, 5.74) is 3.53. The molecular formula is C14H17N3. The van der Waals surface area contributed by atoms with Crippen molar-refractivity contribution in [2.75, 3.05) is 19.6 Å². The molecule has 1 saturated heterocycles. The van der Waals surface area contributed by atoms with Crippen LogP contribution in [-0.4, -0.2) is 24.6 Å². The lowest BCUT2D eigenvalue weighted by Gasteiger charge is -2.25. The van der Waals surface area contributed by atoms with Crippen LogP contribution >= 0.6 is 0 Å². The van der Waals surface area contributed by atoms with Gasteiger partial charge in [-0.05, 0) is 24.6 Å². The number of nitrogens with one attached hydrogen (secondary N) is 2. The molecule has 1 aliphatic heterocycles. The van der Waals surface area contributed by atoms with Crippen LogP contribution in [0.4, 0.5) is 0 Å². The lowest BCUT2D eigenvalue weighted by molar-refractivity contribution is 0.422. The second kappa shape index (κ2) is 4.43. The maximum atomic E-state index is 4.80. The van der Waals surface area contributed by atoms with E-state index in [4.69, 9.17) is 4.98 Å². The molecule has 0 radical (unpaired) electrons. The lowest BCUT2D eigenvalue weighted by atomic mass is 10.0. The molecule has 0 amide bonds. The van der Waals surface area contributed by atoms with E-state index >= 15 is 0 Å². The summed E-state index contributed by atoms with van der Waals surface area (Å²) in [6.07, 6.45) is 0. The first-order valence-corrected chi connectivity index (χ1v) is 6.15. The van der Waals surface area contributed by atoms with Gasteiger partial charge in [0, 0.05) is 25.0 Å². The van der Waals surface area contributed by atoms with Crippen molar-refractivity contribution in [3.63, 3.8) is 0 Å². The van der Waals surface area contributed by atoms with Crippen molar-refractivity contribution in [2.24, 2.45) is 0 Å². The Morgan fingerprint density at radius 3 is 2.94 bits per heavy atom. The summed E-state index contributed by atoms with van der Waals surface area (Å²) in [6, 6.07) is 10.9. The standard InChI is InChI=1S/C14H17N3/c1-10-8-11-4-2-3-5-12(11)17-14(10)13-9-15-6-7-16-13/h2-5,8,13,15-16H,6-7,9H2,1H3. The third-order valence-electron chi connectivity index (χ3n) is 3.32. The van der Waals surface area contributed by atoms with Gasteiger partial charge in [0.2, 0.25) is 0 Å². The van der Waals surface area contributed by atoms with Gasteiger partial charge in [-0.25, -0.2) is 0 Å². The molecule has 88 valence electrons. The molecule has 0 saturated carbocycles. The molecule has 1 atom stereocenters. The van der Waals surface area contributed by atoms with Crippen molar-refractivity contribution in [3.8, 4) is 0 Å². The molecular weight excluding hydrogens is 210 g/mol. The Hall–Kier alpha value is -1.45. The fraction of sp³-hybridized carbons (Fsp3) is 0.357. The molecule has 2 aromatic rings. The smallest absolute Gasteiger partial charge is 0.0706 e. The minimum Gasteiger partial charge on any atom is -0.314 e. The molecule has 1 unspecified atom stereocenters. The zero-order chi connectivity index (χ0) is 11.7. The van der Waals surface area contributed by atoms with E-state index in [0.29, 0.717) is 6.04 Å². The Morgan fingerprint density at radius 1 is 1.24 bits per heavy atom. The molecule has 2 heterocycles. The van der Waals surface area contributed by atoms with E-state index < -0.39 is 0 Å². The number of para-hydroxylation sites is 1. The number of piperazine rings is 1. The Balaban J connectivity index is 2.06. The van der Waals surface area contributed by atoms with Crippen molar-refractivity contribution in [2.45, 2.75) is 13.0 Å². The normalized spacial score (nSPS) is 20.6. The predicted molar refractivity (Wildman–Crippen MR) is 70.1 cm³/mol. The third-order valence-corrected chi connectivity index (χ3v) is 3.32. The van der Waals surface area contributed by atoms with Gasteiger partial charge in [-0.1, -0.05) is 18.2 Å². The molecule has 1 aromatic carbocycles. The van der Waals surface area contributed by atoms with Crippen molar-refractivity contribution in [1.82, 2.24) is 15.6 Å². The summed E-state index contributed by atoms with van der Waals surface area (Å²) in [4.78, 5) is 4.80. The highest BCUT2D eigenvalue weighted by Crippen LogP contribution is 2.21. The van der Waals surface area contributed by atoms with Gasteiger partial charge >= 0.3 is 0 Å². The Morgan fingerprint density at radius 2 is 2.12 bits per heavy atom. The van der Waals surface area contributed by atoms with Gasteiger partial charge in [0.05, 0.1) is 17.3 Å². The number of hydrogen-bond donors (Lipinski definition) is 2. The fourth-order valence-electron chi connectivity index (χ4n) is 2.44. The first-order chi connectivity index (χ1) is 8.34. The fourth-order valence-corrected chi connectivity index (χ4v) is 2.44. The van der Waals surface area contributed by atoms with E-state index in [2.05, 4.69) is 41.8 Å². The van der Waals surface area contributed by atoms with Crippen molar-refractivity contribution in [1.29, 1.82) is 0 Å². The van der Waals surface area contributed by atoms with Gasteiger partial charge in [-0.2, -0.15) is 0 Å². The SMILES string of the molecule is Cc1cc2ccccc2nc1C1CNCCN1. The minimum absolute atomic E-state index is 0.341. The molecule has 3 rings (SSSR count). The predicted octanol–water partition coefficient (Wildman–Crippen LogP) is 1.78. The molecule has 1 fully saturated rings. The molecule has 2 N–H and O–H groups in total. The van der Waals surface area contributed by atoms with Crippen LogP contribution in [0.2, 0.25) is 0 Å². The van der Waals surface area contributed by atoms with E-state index in [0.717, 1.165) is 25.2 Å². The van der Waals surface area contributed by atoms with Crippen molar-refractivity contribution < 1.29 is 0 Å². The number of nitrogens with zero attached hydrogens (tertiary/aromatic N) is 1. The number of hydrogen-bond acceptors (Lipinski definition) is 3. The number of aryl methyl sites for hydroxylation is 1. The number of rotatable bonds is 1. The zero-order valence-electron chi connectivity index (χ0n) is 10.0. The highest BCUT2D eigenvalue weighted by atomic mass is 15.1. The van der Waals surface area contributed by atoms with Gasteiger partial charge in [-0.3, -0.25) is 4.98 Å². The number of benzene rings is 1. The summed E-state index contributed by atoms with van der Waals surface area (Å²) in [5, 5.41) is 8.14. The Kier molecular flexibility index (Phi) is 2.79. The number of aromatic nitrogens is 1. The second-order valence-corrected chi connectivity index (χ2v) is 4.59. The Bertz CT molecular complexity index is 530. The number of pyridine rings is 1. The Labute approximate surface area is 101 Å². The van der Waals surface area contributed by atoms with Crippen LogP contribution in [0.5, 0.6) is 0 Å². The zero-order valence-corrected chi connectivity index (χ0v) is 10.0. The van der Waals surface area contributed by atoms with E-state index in [1.54, 1.807) is 0 Å². The summed E-state index contributed by atoms with van der Waals surface area (Å²) in [6.45, 7) is 5.17. The topological polar surface area (TPSA) is 37.0 Å². The quantitative estimate of drug-likeness (QED) is 0.779. The molecule has 0 aliphatic carbocycles. The highest BCUT2D eigenvalue weighted by molar-refractivity contribution is 5.79. The van der Waals surface area contributed by atoms with Crippen LogP contribution in [0.1, 0.15) is 17.3 Å². The maximum Gasteiger partial charge on any atom is 0.0706 e. The molecule has 3 heteroatoms. The van der Waals surface area contributed by atoms with Crippen LogP contribution in [0, 0.1) is 6.92 Å². The van der Waals surface area contributed by atoms with E-state index in [1.807, 2.05) is 6.07 Å². The average Bonchev–Trinajstić information content (AvgIpc) is 2.39. The summed E-state index contributed by atoms with van der Waals surface area (Å²) < 4.78 is 0. The highest BCUT2D eigenvalue weighted by Gasteiger charge is 2.17. The van der Waals surface area contributed by atoms with E-state index in [9.17, 15) is 0 Å². The first kappa shape index (κ1) is 10.7. The van der Waals surface area contributed by atoms with E-state index in [1.165, 1.54) is 16.6 Å². The summed E-state index contributed by atoms with van der Waals surface area (Å²) in [5.74, 6) is 0. The number of fused-ring (bicyclic) bond motifs is 1.